The zero-order valence-electron chi connectivity index (χ0n) is 22.1. The van der Waals surface area contributed by atoms with Crippen molar-refractivity contribution in [1.82, 2.24) is 4.98 Å². The summed E-state index contributed by atoms with van der Waals surface area (Å²) in [5.74, 6) is 1.13. The Kier molecular flexibility index (Phi) is 6.03. The molecule has 1 amide bonds. The van der Waals surface area contributed by atoms with Crippen molar-refractivity contribution >= 4 is 43.6 Å². The van der Waals surface area contributed by atoms with Crippen LogP contribution in [0.5, 0.6) is 17.2 Å². The Balaban J connectivity index is 1.63. The van der Waals surface area contributed by atoms with Crippen LogP contribution in [-0.2, 0) is 0 Å². The molecule has 2 aromatic heterocycles. The molecule has 0 saturated carbocycles. The van der Waals surface area contributed by atoms with Gasteiger partial charge in [0.05, 0.1) is 48.5 Å². The maximum absolute atomic E-state index is 14.0. The third-order valence-electron chi connectivity index (χ3n) is 7.05. The molecule has 3 heterocycles. The zero-order valence-corrected chi connectivity index (χ0v) is 22.9. The van der Waals surface area contributed by atoms with Crippen molar-refractivity contribution in [2.45, 2.75) is 25.8 Å². The lowest BCUT2D eigenvalue weighted by atomic mass is 9.98. The predicted molar refractivity (Wildman–Crippen MR) is 151 cm³/mol. The Morgan fingerprint density at radius 1 is 0.949 bits per heavy atom. The van der Waals surface area contributed by atoms with E-state index in [4.69, 9.17) is 23.6 Å². The fourth-order valence-corrected chi connectivity index (χ4v) is 6.12. The molecular formula is C30H26N2O6S. The second-order valence-corrected chi connectivity index (χ2v) is 10.6. The zero-order chi connectivity index (χ0) is 27.4. The van der Waals surface area contributed by atoms with E-state index in [1.807, 2.05) is 12.1 Å². The maximum Gasteiger partial charge on any atom is 0.297 e. The molecular weight excluding hydrogens is 516 g/mol. The number of ether oxygens (including phenoxy) is 3. The summed E-state index contributed by atoms with van der Waals surface area (Å²) in [5, 5.41) is 0.860. The highest BCUT2D eigenvalue weighted by atomic mass is 32.1. The normalized spacial score (nSPS) is 14.9. The molecule has 39 heavy (non-hydrogen) atoms. The van der Waals surface area contributed by atoms with Crippen molar-refractivity contribution in [2.24, 2.45) is 0 Å². The van der Waals surface area contributed by atoms with Gasteiger partial charge in [0.15, 0.2) is 22.1 Å². The molecule has 198 valence electrons. The SMILES string of the molecule is COc1cc([C@@H]2c3c(oc4ccccc4c3=O)C(=O)N2c2nc3ccc(C(C)C)cc3s2)cc(OC)c1OC. The average molecular weight is 543 g/mol. The number of nitrogens with zero attached hydrogens (tertiary/aromatic N) is 2. The Bertz CT molecular complexity index is 1800. The van der Waals surface area contributed by atoms with E-state index in [9.17, 15) is 9.59 Å². The first kappa shape index (κ1) is 24.9. The molecule has 5 aromatic rings. The monoisotopic (exact) mass is 542 g/mol. The Morgan fingerprint density at radius 3 is 2.33 bits per heavy atom. The summed E-state index contributed by atoms with van der Waals surface area (Å²) in [7, 11) is 4.57. The molecule has 6 rings (SSSR count). The van der Waals surface area contributed by atoms with Crippen LogP contribution in [0.4, 0.5) is 5.13 Å². The largest absolute Gasteiger partial charge is 0.493 e. The lowest BCUT2D eigenvalue weighted by Gasteiger charge is -2.24. The first-order chi connectivity index (χ1) is 18.9. The van der Waals surface area contributed by atoms with Gasteiger partial charge in [-0.15, -0.1) is 0 Å². The topological polar surface area (TPSA) is 91.1 Å². The first-order valence-electron chi connectivity index (χ1n) is 12.5. The van der Waals surface area contributed by atoms with Crippen molar-refractivity contribution in [3.8, 4) is 17.2 Å². The Labute approximate surface area is 228 Å². The fourth-order valence-electron chi connectivity index (χ4n) is 5.08. The molecule has 0 fully saturated rings. The van der Waals surface area contributed by atoms with Gasteiger partial charge < -0.3 is 18.6 Å². The number of benzene rings is 3. The van der Waals surface area contributed by atoms with Gasteiger partial charge in [-0.25, -0.2) is 4.98 Å². The number of carbonyl (C=O) groups is 1. The van der Waals surface area contributed by atoms with Gasteiger partial charge in [0.1, 0.15) is 5.58 Å². The van der Waals surface area contributed by atoms with Gasteiger partial charge >= 0.3 is 0 Å². The predicted octanol–water partition coefficient (Wildman–Crippen LogP) is 6.30. The first-order valence-corrected chi connectivity index (χ1v) is 13.3. The molecule has 0 aliphatic carbocycles. The summed E-state index contributed by atoms with van der Waals surface area (Å²) >= 11 is 1.40. The molecule has 0 spiro atoms. The number of rotatable bonds is 6. The van der Waals surface area contributed by atoms with Crippen molar-refractivity contribution in [1.29, 1.82) is 0 Å². The lowest BCUT2D eigenvalue weighted by Crippen LogP contribution is -2.29. The Morgan fingerprint density at radius 2 is 1.67 bits per heavy atom. The number of aromatic nitrogens is 1. The van der Waals surface area contributed by atoms with Crippen LogP contribution in [0.2, 0.25) is 0 Å². The molecule has 1 atom stereocenters. The van der Waals surface area contributed by atoms with Gasteiger partial charge in [-0.3, -0.25) is 14.5 Å². The molecule has 1 aliphatic rings. The summed E-state index contributed by atoms with van der Waals surface area (Å²) in [6.07, 6.45) is 0. The number of carbonyl (C=O) groups excluding carboxylic acids is 1. The van der Waals surface area contributed by atoms with Gasteiger partial charge in [0, 0.05) is 0 Å². The van der Waals surface area contributed by atoms with E-state index in [2.05, 4.69) is 19.9 Å². The number of hydrogen-bond donors (Lipinski definition) is 0. The minimum Gasteiger partial charge on any atom is -0.493 e. The molecule has 8 nitrogen and oxygen atoms in total. The van der Waals surface area contributed by atoms with Crippen molar-refractivity contribution in [2.75, 3.05) is 26.2 Å². The number of fused-ring (bicyclic) bond motifs is 3. The molecule has 1 aliphatic heterocycles. The standard InChI is InChI=1S/C30H26N2O6S/c1-15(2)16-10-11-19-23(14-16)39-30(31-19)32-25(17-12-21(35-3)27(37-5)22(13-17)36-4)24-26(33)18-8-6-7-9-20(18)38-28(24)29(32)34/h6-15,25H,1-5H3/t25-/m1/s1. The van der Waals surface area contributed by atoms with Crippen molar-refractivity contribution in [3.63, 3.8) is 0 Å². The van der Waals surface area contributed by atoms with Crippen LogP contribution in [0.3, 0.4) is 0 Å². The van der Waals surface area contributed by atoms with Gasteiger partial charge in [0.25, 0.3) is 5.91 Å². The molecule has 0 radical (unpaired) electrons. The molecule has 9 heteroatoms. The highest BCUT2D eigenvalue weighted by Crippen LogP contribution is 2.47. The molecule has 0 saturated heterocycles. The van der Waals surface area contributed by atoms with E-state index in [-0.39, 0.29) is 16.8 Å². The van der Waals surface area contributed by atoms with Crippen molar-refractivity contribution in [3.05, 3.63) is 87.3 Å². The summed E-state index contributed by atoms with van der Waals surface area (Å²) in [4.78, 5) is 34.3. The number of hydrogen-bond acceptors (Lipinski definition) is 8. The van der Waals surface area contributed by atoms with E-state index in [0.29, 0.717) is 44.8 Å². The minimum atomic E-state index is -0.827. The van der Waals surface area contributed by atoms with Crippen LogP contribution < -0.4 is 24.5 Å². The van der Waals surface area contributed by atoms with Gasteiger partial charge in [-0.1, -0.05) is 43.4 Å². The molecule has 0 unspecified atom stereocenters. The fraction of sp³-hybridized carbons (Fsp3) is 0.233. The van der Waals surface area contributed by atoms with Gasteiger partial charge in [-0.2, -0.15) is 0 Å². The summed E-state index contributed by atoms with van der Waals surface area (Å²) in [6, 6.07) is 15.7. The van der Waals surface area contributed by atoms with E-state index < -0.39 is 11.9 Å². The molecule has 3 aromatic carbocycles. The number of thiazole rings is 1. The Hall–Kier alpha value is -4.37. The van der Waals surface area contributed by atoms with E-state index in [1.54, 1.807) is 36.4 Å². The highest BCUT2D eigenvalue weighted by molar-refractivity contribution is 7.22. The maximum atomic E-state index is 14.0. The van der Waals surface area contributed by atoms with Crippen molar-refractivity contribution < 1.29 is 23.4 Å². The summed E-state index contributed by atoms with van der Waals surface area (Å²) < 4.78 is 23.7. The van der Waals surface area contributed by atoms with E-state index in [1.165, 1.54) is 43.1 Å². The average Bonchev–Trinajstić information content (AvgIpc) is 3.50. The second kappa shape index (κ2) is 9.43. The van der Waals surface area contributed by atoms with E-state index >= 15 is 0 Å². The van der Waals surface area contributed by atoms with Gasteiger partial charge in [-0.05, 0) is 53.4 Å². The van der Waals surface area contributed by atoms with Crippen LogP contribution in [-0.4, -0.2) is 32.2 Å². The third kappa shape index (κ3) is 3.84. The molecule has 0 bridgehead atoms. The van der Waals surface area contributed by atoms with Crippen LogP contribution >= 0.6 is 11.3 Å². The lowest BCUT2D eigenvalue weighted by molar-refractivity contribution is 0.0971. The van der Waals surface area contributed by atoms with Crippen LogP contribution in [0, 0.1) is 0 Å². The molecule has 0 N–H and O–H groups in total. The number of anilines is 1. The summed E-state index contributed by atoms with van der Waals surface area (Å²) in [5.41, 5.74) is 2.88. The van der Waals surface area contributed by atoms with Crippen LogP contribution in [0.15, 0.2) is 63.8 Å². The quantitative estimate of drug-likeness (QED) is 0.249. The second-order valence-electron chi connectivity index (χ2n) is 9.58. The highest BCUT2D eigenvalue weighted by Gasteiger charge is 2.45. The summed E-state index contributed by atoms with van der Waals surface area (Å²) in [6.45, 7) is 4.26. The minimum absolute atomic E-state index is 0.000391. The smallest absolute Gasteiger partial charge is 0.297 e. The number of amides is 1. The van der Waals surface area contributed by atoms with Gasteiger partial charge in [0.2, 0.25) is 11.5 Å². The third-order valence-corrected chi connectivity index (χ3v) is 8.07. The number of para-hydroxylation sites is 1. The van der Waals surface area contributed by atoms with Crippen LogP contribution in [0.1, 0.15) is 53.1 Å². The number of methoxy groups -OCH3 is 3. The van der Waals surface area contributed by atoms with Crippen LogP contribution in [0.25, 0.3) is 21.2 Å². The van der Waals surface area contributed by atoms with E-state index in [0.717, 1.165) is 10.2 Å².